The van der Waals surface area contributed by atoms with Gasteiger partial charge in [-0.3, -0.25) is 15.1 Å². The fourth-order valence-electron chi connectivity index (χ4n) is 6.34. The number of amides is 1. The van der Waals surface area contributed by atoms with E-state index < -0.39 is 11.6 Å². The summed E-state index contributed by atoms with van der Waals surface area (Å²) in [5.41, 5.74) is 19.0. The lowest BCUT2D eigenvalue weighted by Crippen LogP contribution is -2.55. The van der Waals surface area contributed by atoms with Crippen molar-refractivity contribution in [3.8, 4) is 16.9 Å². The van der Waals surface area contributed by atoms with Gasteiger partial charge in [-0.25, -0.2) is 10.4 Å². The van der Waals surface area contributed by atoms with Crippen LogP contribution in [0.3, 0.4) is 0 Å². The predicted molar refractivity (Wildman–Crippen MR) is 195 cm³/mol. The van der Waals surface area contributed by atoms with E-state index in [1.807, 2.05) is 91.0 Å². The predicted octanol–water partition coefficient (Wildman–Crippen LogP) is 5.38. The minimum Gasteiger partial charge on any atom is -0.494 e. The van der Waals surface area contributed by atoms with Crippen molar-refractivity contribution in [2.24, 2.45) is 10.1 Å². The third-order valence-electron chi connectivity index (χ3n) is 9.09. The Labute approximate surface area is 297 Å². The fourth-order valence-corrected chi connectivity index (χ4v) is 6.34. The number of carbonyl (C=O) groups is 1. The zero-order chi connectivity index (χ0) is 35.3. The maximum Gasteiger partial charge on any atom is 0.266 e. The third kappa shape index (κ3) is 8.93. The van der Waals surface area contributed by atoms with E-state index in [1.165, 1.54) is 0 Å². The number of carbonyl (C=O) groups excluding carboxylic acids is 1. The van der Waals surface area contributed by atoms with E-state index in [0.717, 1.165) is 47.5 Å². The molecule has 0 bridgehead atoms. The number of ether oxygens (including phenoxy) is 3. The van der Waals surface area contributed by atoms with E-state index >= 15 is 0 Å². The van der Waals surface area contributed by atoms with Gasteiger partial charge in [0.1, 0.15) is 5.75 Å². The maximum absolute atomic E-state index is 14.7. The molecule has 0 aliphatic carbocycles. The molecule has 2 aliphatic rings. The van der Waals surface area contributed by atoms with Crippen LogP contribution in [-0.2, 0) is 27.2 Å². The van der Waals surface area contributed by atoms with Gasteiger partial charge < -0.3 is 19.3 Å². The standard InChI is InChI=1S/C39H43N7O5/c40-45-42-28-34-10-5-4-9-33(34)27-39(38(48)44-41-19-20-46-21-25-49-26-22-46)36(31-13-11-30(12-14-31)29-7-2-1-3-8-29)51-37(43-39)32-15-17-35(18-16-32)50-24-6-23-47/h1-5,7-18,36,41,47H,6,19-28H2,(H,44,48)/t36-,39-/m0/s1. The second kappa shape index (κ2) is 17.6. The minimum atomic E-state index is -1.45. The molecule has 1 amide bonds. The Hall–Kier alpha value is -5.23. The third-order valence-corrected chi connectivity index (χ3v) is 9.09. The average Bonchev–Trinajstić information content (AvgIpc) is 3.57. The first-order valence-electron chi connectivity index (χ1n) is 17.3. The molecular weight excluding hydrogens is 646 g/mol. The van der Waals surface area contributed by atoms with Gasteiger partial charge in [0, 0.05) is 56.1 Å². The number of hydrogen-bond acceptors (Lipinski definition) is 9. The fraction of sp³-hybridized carbons (Fsp3) is 0.333. The van der Waals surface area contributed by atoms with E-state index in [0.29, 0.717) is 50.0 Å². The summed E-state index contributed by atoms with van der Waals surface area (Å²) >= 11 is 0. The maximum atomic E-state index is 14.7. The lowest BCUT2D eigenvalue weighted by atomic mass is 9.80. The number of azide groups is 1. The quantitative estimate of drug-likeness (QED) is 0.0470. The number of aliphatic imine (C=N–C) groups is 1. The van der Waals surface area contributed by atoms with Gasteiger partial charge in [-0.05, 0) is 57.6 Å². The molecule has 6 rings (SSSR count). The first kappa shape index (κ1) is 35.6. The lowest BCUT2D eigenvalue weighted by molar-refractivity contribution is -0.130. The van der Waals surface area contributed by atoms with Gasteiger partial charge in [0.05, 0.1) is 26.4 Å². The number of benzene rings is 4. The van der Waals surface area contributed by atoms with Gasteiger partial charge in [0.25, 0.3) is 5.91 Å². The van der Waals surface area contributed by atoms with Crippen LogP contribution in [-0.4, -0.2) is 80.0 Å². The van der Waals surface area contributed by atoms with Crippen molar-refractivity contribution < 1.29 is 24.1 Å². The largest absolute Gasteiger partial charge is 0.494 e. The molecule has 12 heteroatoms. The lowest BCUT2D eigenvalue weighted by Gasteiger charge is -2.32. The summed E-state index contributed by atoms with van der Waals surface area (Å²) in [6.07, 6.45) is -0.0917. The Kier molecular flexibility index (Phi) is 12.3. The van der Waals surface area contributed by atoms with Crippen LogP contribution < -0.4 is 15.6 Å². The topological polar surface area (TPSA) is 153 Å². The Balaban J connectivity index is 1.37. The van der Waals surface area contributed by atoms with Crippen molar-refractivity contribution in [3.05, 3.63) is 136 Å². The zero-order valence-corrected chi connectivity index (χ0v) is 28.5. The number of hydrazine groups is 1. The summed E-state index contributed by atoms with van der Waals surface area (Å²) < 4.78 is 18.0. The van der Waals surface area contributed by atoms with Gasteiger partial charge in [-0.1, -0.05) is 84.0 Å². The highest BCUT2D eigenvalue weighted by atomic mass is 16.5. The smallest absolute Gasteiger partial charge is 0.266 e. The molecule has 0 unspecified atom stereocenters. The number of aliphatic hydroxyl groups excluding tert-OH is 1. The van der Waals surface area contributed by atoms with E-state index in [9.17, 15) is 4.79 Å². The van der Waals surface area contributed by atoms with E-state index in [4.69, 9.17) is 29.8 Å². The van der Waals surface area contributed by atoms with Gasteiger partial charge >= 0.3 is 0 Å². The molecule has 2 heterocycles. The molecule has 2 atom stereocenters. The number of hydrogen-bond donors (Lipinski definition) is 3. The van der Waals surface area contributed by atoms with Crippen LogP contribution in [0.15, 0.2) is 113 Å². The molecular formula is C39H43N7O5. The molecule has 264 valence electrons. The summed E-state index contributed by atoms with van der Waals surface area (Å²) in [5, 5.41) is 13.0. The highest BCUT2D eigenvalue weighted by molar-refractivity contribution is 6.01. The van der Waals surface area contributed by atoms with E-state index in [1.54, 1.807) is 0 Å². The number of morpholine rings is 1. The summed E-state index contributed by atoms with van der Waals surface area (Å²) in [6.45, 7) is 4.92. The zero-order valence-electron chi connectivity index (χ0n) is 28.5. The Morgan fingerprint density at radius 1 is 0.941 bits per heavy atom. The van der Waals surface area contributed by atoms with Gasteiger partial charge in [-0.2, -0.15) is 0 Å². The number of nitrogens with one attached hydrogen (secondary N) is 2. The van der Waals surface area contributed by atoms with Crippen LogP contribution in [0.2, 0.25) is 0 Å². The minimum absolute atomic E-state index is 0.0503. The molecule has 2 aliphatic heterocycles. The second-order valence-electron chi connectivity index (χ2n) is 12.4. The summed E-state index contributed by atoms with van der Waals surface area (Å²) in [5.74, 6) is 0.628. The number of nitrogens with zero attached hydrogens (tertiary/aromatic N) is 5. The van der Waals surface area contributed by atoms with E-state index in [-0.39, 0.29) is 25.5 Å². The molecule has 0 spiro atoms. The molecule has 1 fully saturated rings. The normalized spacial score (nSPS) is 18.7. The van der Waals surface area contributed by atoms with Crippen molar-refractivity contribution in [3.63, 3.8) is 0 Å². The van der Waals surface area contributed by atoms with Crippen molar-refractivity contribution in [1.82, 2.24) is 15.8 Å². The SMILES string of the molecule is [N-]=[N+]=NCc1ccccc1C[C@]1(C(=O)NNCCN2CCOCC2)N=C(c2ccc(OCCCO)cc2)O[C@H]1c1ccc(-c2ccccc2)cc1. The van der Waals surface area contributed by atoms with Gasteiger partial charge in [0.2, 0.25) is 5.90 Å². The van der Waals surface area contributed by atoms with Crippen molar-refractivity contribution in [1.29, 1.82) is 0 Å². The monoisotopic (exact) mass is 689 g/mol. The number of aliphatic hydroxyl groups is 1. The molecule has 4 aromatic carbocycles. The Morgan fingerprint density at radius 3 is 2.35 bits per heavy atom. The van der Waals surface area contributed by atoms with Crippen molar-refractivity contribution >= 4 is 11.8 Å². The van der Waals surface area contributed by atoms with E-state index in [2.05, 4.69) is 37.9 Å². The first-order valence-corrected chi connectivity index (χ1v) is 17.3. The van der Waals surface area contributed by atoms with Gasteiger partial charge in [0.15, 0.2) is 11.6 Å². The second-order valence-corrected chi connectivity index (χ2v) is 12.4. The molecule has 0 aromatic heterocycles. The Bertz CT molecular complexity index is 1810. The molecule has 4 aromatic rings. The summed E-state index contributed by atoms with van der Waals surface area (Å²) in [4.78, 5) is 25.1. The van der Waals surface area contributed by atoms with Crippen LogP contribution in [0.4, 0.5) is 0 Å². The van der Waals surface area contributed by atoms with Gasteiger partial charge in [-0.15, -0.1) is 0 Å². The molecule has 0 saturated carbocycles. The Morgan fingerprint density at radius 2 is 1.63 bits per heavy atom. The first-order chi connectivity index (χ1) is 25.1. The van der Waals surface area contributed by atoms with Crippen LogP contribution >= 0.6 is 0 Å². The van der Waals surface area contributed by atoms with Crippen molar-refractivity contribution in [2.45, 2.75) is 31.0 Å². The molecule has 1 saturated heterocycles. The average molecular weight is 690 g/mol. The molecule has 51 heavy (non-hydrogen) atoms. The van der Waals surface area contributed by atoms with Crippen LogP contribution in [0.5, 0.6) is 5.75 Å². The summed E-state index contributed by atoms with van der Waals surface area (Å²) in [7, 11) is 0. The molecule has 12 nitrogen and oxygen atoms in total. The number of rotatable bonds is 16. The molecule has 0 radical (unpaired) electrons. The highest BCUT2D eigenvalue weighted by Gasteiger charge is 2.53. The summed E-state index contributed by atoms with van der Waals surface area (Å²) in [6, 6.07) is 33.1. The highest BCUT2D eigenvalue weighted by Crippen LogP contribution is 2.43. The van der Waals surface area contributed by atoms with Crippen LogP contribution in [0.1, 0.15) is 34.8 Å². The molecule has 3 N–H and O–H groups in total. The van der Waals surface area contributed by atoms with Crippen LogP contribution in [0.25, 0.3) is 21.6 Å². The van der Waals surface area contributed by atoms with Crippen molar-refractivity contribution in [2.75, 3.05) is 52.6 Å². The van der Waals surface area contributed by atoms with Crippen LogP contribution in [0, 0.1) is 0 Å².